The minimum Gasteiger partial charge on any atom is -0.369 e. The van der Waals surface area contributed by atoms with Gasteiger partial charge in [0.2, 0.25) is 11.8 Å². The van der Waals surface area contributed by atoms with E-state index in [4.69, 9.17) is 0 Å². The van der Waals surface area contributed by atoms with Crippen LogP contribution < -0.4 is 15.5 Å². The molecule has 2 N–H and O–H groups in total. The van der Waals surface area contributed by atoms with Crippen molar-refractivity contribution < 1.29 is 9.59 Å². The van der Waals surface area contributed by atoms with Crippen LogP contribution in [0, 0.1) is 5.92 Å². The molecule has 36 heavy (non-hydrogen) atoms. The first-order valence-corrected chi connectivity index (χ1v) is 13.2. The Morgan fingerprint density at radius 2 is 1.83 bits per heavy atom. The quantitative estimate of drug-likeness (QED) is 0.644. The van der Waals surface area contributed by atoms with Gasteiger partial charge < -0.3 is 20.4 Å². The Balaban J connectivity index is 1.28. The molecular formula is C28H40N6O2. The maximum Gasteiger partial charge on any atom is 0.223 e. The van der Waals surface area contributed by atoms with Crippen LogP contribution in [0.25, 0.3) is 0 Å². The third kappa shape index (κ3) is 8.03. The van der Waals surface area contributed by atoms with Gasteiger partial charge in [-0.25, -0.2) is 0 Å². The molecule has 1 unspecified atom stereocenters. The SMILES string of the molecule is CN1CCN(c2ccc(CNC(=O)C3CCCN(Cc4cccnc4)CCC(=O)NCC3)cc2)CC1. The van der Waals surface area contributed by atoms with Gasteiger partial charge in [-0.15, -0.1) is 0 Å². The molecule has 2 aromatic rings. The van der Waals surface area contributed by atoms with E-state index in [1.807, 2.05) is 12.3 Å². The van der Waals surface area contributed by atoms with Gasteiger partial charge in [0, 0.05) is 82.8 Å². The Labute approximate surface area is 215 Å². The number of carbonyl (C=O) groups is 2. The van der Waals surface area contributed by atoms with Gasteiger partial charge in [-0.05, 0) is 62.2 Å². The zero-order chi connectivity index (χ0) is 25.2. The van der Waals surface area contributed by atoms with Gasteiger partial charge in [-0.3, -0.25) is 19.5 Å². The lowest BCUT2D eigenvalue weighted by Gasteiger charge is -2.34. The van der Waals surface area contributed by atoms with Crippen LogP contribution in [0.3, 0.4) is 0 Å². The van der Waals surface area contributed by atoms with Gasteiger partial charge >= 0.3 is 0 Å². The summed E-state index contributed by atoms with van der Waals surface area (Å²) in [4.78, 5) is 36.6. The van der Waals surface area contributed by atoms with Crippen molar-refractivity contribution in [1.29, 1.82) is 0 Å². The van der Waals surface area contributed by atoms with E-state index in [2.05, 4.69) is 67.7 Å². The summed E-state index contributed by atoms with van der Waals surface area (Å²) < 4.78 is 0. The van der Waals surface area contributed by atoms with Gasteiger partial charge in [0.1, 0.15) is 0 Å². The van der Waals surface area contributed by atoms with E-state index in [0.29, 0.717) is 32.5 Å². The highest BCUT2D eigenvalue weighted by molar-refractivity contribution is 5.79. The smallest absolute Gasteiger partial charge is 0.223 e. The van der Waals surface area contributed by atoms with Crippen LogP contribution in [0.4, 0.5) is 5.69 Å². The van der Waals surface area contributed by atoms with Crippen molar-refractivity contribution in [2.45, 2.75) is 38.8 Å². The first kappa shape index (κ1) is 26.1. The van der Waals surface area contributed by atoms with Gasteiger partial charge in [0.05, 0.1) is 0 Å². The number of aromatic nitrogens is 1. The third-order valence-electron chi connectivity index (χ3n) is 7.27. The summed E-state index contributed by atoms with van der Waals surface area (Å²) in [5.74, 6) is 0.0198. The summed E-state index contributed by atoms with van der Waals surface area (Å²) >= 11 is 0. The number of nitrogens with zero attached hydrogens (tertiary/aromatic N) is 4. The van der Waals surface area contributed by atoms with E-state index in [9.17, 15) is 9.59 Å². The number of likely N-dealkylation sites (N-methyl/N-ethyl adjacent to an activating group) is 1. The van der Waals surface area contributed by atoms with Crippen molar-refractivity contribution in [3.05, 3.63) is 59.9 Å². The molecule has 8 heteroatoms. The van der Waals surface area contributed by atoms with Crippen LogP contribution in [0.1, 0.15) is 36.8 Å². The highest BCUT2D eigenvalue weighted by atomic mass is 16.2. The molecule has 2 amide bonds. The molecule has 0 spiro atoms. The Morgan fingerprint density at radius 1 is 1.03 bits per heavy atom. The molecule has 2 aliphatic rings. The lowest BCUT2D eigenvalue weighted by molar-refractivity contribution is -0.126. The van der Waals surface area contributed by atoms with Gasteiger partial charge in [0.15, 0.2) is 0 Å². The molecule has 8 nitrogen and oxygen atoms in total. The molecule has 2 saturated heterocycles. The second-order valence-corrected chi connectivity index (χ2v) is 10.0. The fourth-order valence-corrected chi connectivity index (χ4v) is 4.94. The topological polar surface area (TPSA) is 80.8 Å². The van der Waals surface area contributed by atoms with Crippen LogP contribution in [0.5, 0.6) is 0 Å². The molecular weight excluding hydrogens is 452 g/mol. The van der Waals surface area contributed by atoms with Crippen molar-refractivity contribution in [1.82, 2.24) is 25.4 Å². The predicted molar refractivity (Wildman–Crippen MR) is 142 cm³/mol. The summed E-state index contributed by atoms with van der Waals surface area (Å²) in [7, 11) is 2.16. The maximum absolute atomic E-state index is 13.1. The number of anilines is 1. The summed E-state index contributed by atoms with van der Waals surface area (Å²) in [6, 6.07) is 12.5. The van der Waals surface area contributed by atoms with Crippen LogP contribution >= 0.6 is 0 Å². The lowest BCUT2D eigenvalue weighted by Crippen LogP contribution is -2.44. The number of nitrogens with one attached hydrogen (secondary N) is 2. The zero-order valence-electron chi connectivity index (χ0n) is 21.5. The monoisotopic (exact) mass is 492 g/mol. The van der Waals surface area contributed by atoms with Crippen LogP contribution in [-0.2, 0) is 22.7 Å². The Bertz CT molecular complexity index is 960. The minimum atomic E-state index is -0.103. The molecule has 0 radical (unpaired) electrons. The van der Waals surface area contributed by atoms with E-state index in [0.717, 1.165) is 63.2 Å². The summed E-state index contributed by atoms with van der Waals surface area (Å²) in [5, 5.41) is 6.14. The second-order valence-electron chi connectivity index (χ2n) is 10.0. The standard InChI is InChI=1S/C28H40N6O2/c1-32-16-18-34(19-17-32)26-8-6-23(7-9-26)21-31-28(36)25-5-3-14-33(15-11-27(35)30-13-10-25)22-24-4-2-12-29-20-24/h2,4,6-9,12,20,25H,3,5,10-11,13-19,21-22H2,1H3,(H,30,35)(H,31,36). The van der Waals surface area contributed by atoms with Crippen LogP contribution in [-0.4, -0.2) is 79.5 Å². The molecule has 2 aliphatic heterocycles. The van der Waals surface area contributed by atoms with E-state index in [-0.39, 0.29) is 17.7 Å². The predicted octanol–water partition coefficient (Wildman–Crippen LogP) is 2.26. The van der Waals surface area contributed by atoms with E-state index in [1.54, 1.807) is 6.20 Å². The van der Waals surface area contributed by atoms with Crippen LogP contribution in [0.15, 0.2) is 48.8 Å². The fourth-order valence-electron chi connectivity index (χ4n) is 4.94. The van der Waals surface area contributed by atoms with Crippen molar-refractivity contribution >= 4 is 17.5 Å². The van der Waals surface area contributed by atoms with Gasteiger partial charge in [-0.1, -0.05) is 18.2 Å². The van der Waals surface area contributed by atoms with Crippen molar-refractivity contribution in [2.24, 2.45) is 5.92 Å². The highest BCUT2D eigenvalue weighted by Gasteiger charge is 2.21. The molecule has 1 aromatic heterocycles. The molecule has 3 heterocycles. The number of piperazine rings is 1. The number of pyridine rings is 1. The molecule has 1 atom stereocenters. The minimum absolute atomic E-state index is 0.0488. The van der Waals surface area contributed by atoms with Crippen LogP contribution in [0.2, 0.25) is 0 Å². The van der Waals surface area contributed by atoms with Crippen molar-refractivity contribution in [3.63, 3.8) is 0 Å². The van der Waals surface area contributed by atoms with Crippen molar-refractivity contribution in [3.8, 4) is 0 Å². The lowest BCUT2D eigenvalue weighted by atomic mass is 9.98. The number of rotatable bonds is 6. The molecule has 0 aliphatic carbocycles. The first-order chi connectivity index (χ1) is 17.6. The Kier molecular flexibility index (Phi) is 9.69. The number of benzene rings is 1. The maximum atomic E-state index is 13.1. The number of carbonyl (C=O) groups excluding carboxylic acids is 2. The van der Waals surface area contributed by atoms with E-state index >= 15 is 0 Å². The zero-order valence-corrected chi connectivity index (χ0v) is 21.5. The Hall–Kier alpha value is -2.97. The normalized spacial score (nSPS) is 20.9. The molecule has 0 saturated carbocycles. The average molecular weight is 493 g/mol. The van der Waals surface area contributed by atoms with Gasteiger partial charge in [0.25, 0.3) is 0 Å². The van der Waals surface area contributed by atoms with Crippen molar-refractivity contribution in [2.75, 3.05) is 57.8 Å². The summed E-state index contributed by atoms with van der Waals surface area (Å²) in [5.41, 5.74) is 3.49. The number of amides is 2. The summed E-state index contributed by atoms with van der Waals surface area (Å²) in [6.07, 6.45) is 6.53. The molecule has 1 aromatic carbocycles. The highest BCUT2D eigenvalue weighted by Crippen LogP contribution is 2.18. The number of hydrogen-bond acceptors (Lipinski definition) is 6. The second kappa shape index (κ2) is 13.4. The Morgan fingerprint density at radius 3 is 2.58 bits per heavy atom. The number of hydrogen-bond donors (Lipinski definition) is 2. The van der Waals surface area contributed by atoms with E-state index in [1.165, 1.54) is 5.69 Å². The third-order valence-corrected chi connectivity index (χ3v) is 7.27. The fraction of sp³-hybridized carbons (Fsp3) is 0.536. The largest absolute Gasteiger partial charge is 0.369 e. The first-order valence-electron chi connectivity index (χ1n) is 13.2. The average Bonchev–Trinajstić information content (AvgIpc) is 2.94. The molecule has 0 bridgehead atoms. The molecule has 194 valence electrons. The van der Waals surface area contributed by atoms with E-state index < -0.39 is 0 Å². The summed E-state index contributed by atoms with van der Waals surface area (Å²) in [6.45, 7) is 7.66. The molecule has 2 fully saturated rings. The molecule has 4 rings (SSSR count). The van der Waals surface area contributed by atoms with Gasteiger partial charge in [-0.2, -0.15) is 0 Å².